The topological polar surface area (TPSA) is 84.0 Å². The van der Waals surface area contributed by atoms with Crippen molar-refractivity contribution in [1.29, 1.82) is 0 Å². The number of carbonyl (C=O) groups is 1. The van der Waals surface area contributed by atoms with Crippen LogP contribution in [0, 0.1) is 0 Å². The summed E-state index contributed by atoms with van der Waals surface area (Å²) in [5.74, 6) is -0.301. The maximum Gasteiger partial charge on any atom is 0.328 e. The SMILES string of the molecule is C[C@@H](NC(=O)Cn1ccc(=O)[nH]c1=O)c1cccc2ccccc12. The number of nitrogens with zero attached hydrogens (tertiary/aromatic N) is 1. The molecule has 0 saturated heterocycles. The fraction of sp³-hybridized carbons (Fsp3) is 0.167. The van der Waals surface area contributed by atoms with Crippen molar-refractivity contribution in [2.75, 3.05) is 0 Å². The van der Waals surface area contributed by atoms with E-state index >= 15 is 0 Å². The second-order valence-corrected chi connectivity index (χ2v) is 5.60. The number of hydrogen-bond acceptors (Lipinski definition) is 3. The number of nitrogens with one attached hydrogen (secondary N) is 2. The second-order valence-electron chi connectivity index (χ2n) is 5.60. The van der Waals surface area contributed by atoms with Crippen LogP contribution in [0.5, 0.6) is 0 Å². The summed E-state index contributed by atoms with van der Waals surface area (Å²) in [5.41, 5.74) is -0.0773. The number of fused-ring (bicyclic) bond motifs is 1. The highest BCUT2D eigenvalue weighted by Gasteiger charge is 2.13. The van der Waals surface area contributed by atoms with Crippen LogP contribution in [0.2, 0.25) is 0 Å². The molecular formula is C18H17N3O3. The van der Waals surface area contributed by atoms with Crippen LogP contribution in [-0.2, 0) is 11.3 Å². The van der Waals surface area contributed by atoms with E-state index in [4.69, 9.17) is 0 Å². The number of aromatic amines is 1. The average molecular weight is 323 g/mol. The highest BCUT2D eigenvalue weighted by molar-refractivity contribution is 5.86. The molecule has 3 aromatic rings. The van der Waals surface area contributed by atoms with Crippen LogP contribution in [0.15, 0.2) is 64.3 Å². The van der Waals surface area contributed by atoms with Gasteiger partial charge in [0.2, 0.25) is 5.91 Å². The third-order valence-corrected chi connectivity index (χ3v) is 3.88. The second kappa shape index (κ2) is 6.54. The molecule has 0 spiro atoms. The highest BCUT2D eigenvalue weighted by Crippen LogP contribution is 2.23. The van der Waals surface area contributed by atoms with E-state index < -0.39 is 11.2 Å². The molecular weight excluding hydrogens is 306 g/mol. The van der Waals surface area contributed by atoms with Gasteiger partial charge in [-0.25, -0.2) is 4.79 Å². The van der Waals surface area contributed by atoms with Gasteiger partial charge in [0.15, 0.2) is 0 Å². The molecule has 0 aliphatic heterocycles. The highest BCUT2D eigenvalue weighted by atomic mass is 16.2. The standard InChI is InChI=1S/C18H17N3O3/c1-12(14-8-4-6-13-5-2-3-7-15(13)14)19-17(23)11-21-10-9-16(22)20-18(21)24/h2-10,12H,11H2,1H3,(H,19,23)(H,20,22,24)/t12-/m1/s1. The monoisotopic (exact) mass is 323 g/mol. The number of rotatable bonds is 4. The molecule has 2 aromatic carbocycles. The largest absolute Gasteiger partial charge is 0.348 e. The maximum absolute atomic E-state index is 12.2. The van der Waals surface area contributed by atoms with Crippen molar-refractivity contribution >= 4 is 16.7 Å². The summed E-state index contributed by atoms with van der Waals surface area (Å²) >= 11 is 0. The first-order chi connectivity index (χ1) is 11.5. The molecule has 24 heavy (non-hydrogen) atoms. The predicted octanol–water partition coefficient (Wildman–Crippen LogP) is 1.57. The van der Waals surface area contributed by atoms with E-state index in [9.17, 15) is 14.4 Å². The van der Waals surface area contributed by atoms with Crippen molar-refractivity contribution in [1.82, 2.24) is 14.9 Å². The minimum Gasteiger partial charge on any atom is -0.348 e. The zero-order chi connectivity index (χ0) is 17.1. The van der Waals surface area contributed by atoms with Gasteiger partial charge < -0.3 is 5.32 Å². The Morgan fingerprint density at radius 2 is 1.88 bits per heavy atom. The zero-order valence-corrected chi connectivity index (χ0v) is 13.2. The normalized spacial score (nSPS) is 12.0. The van der Waals surface area contributed by atoms with Gasteiger partial charge in [-0.3, -0.25) is 19.1 Å². The van der Waals surface area contributed by atoms with Crippen LogP contribution in [0.4, 0.5) is 0 Å². The summed E-state index contributed by atoms with van der Waals surface area (Å²) in [6, 6.07) is 14.9. The van der Waals surface area contributed by atoms with Crippen LogP contribution in [0.1, 0.15) is 18.5 Å². The van der Waals surface area contributed by atoms with Crippen LogP contribution >= 0.6 is 0 Å². The number of aromatic nitrogens is 2. The summed E-state index contributed by atoms with van der Waals surface area (Å²) in [6.07, 6.45) is 1.31. The summed E-state index contributed by atoms with van der Waals surface area (Å²) < 4.78 is 1.16. The van der Waals surface area contributed by atoms with E-state index in [2.05, 4.69) is 10.3 Å². The van der Waals surface area contributed by atoms with E-state index in [0.717, 1.165) is 20.9 Å². The molecule has 122 valence electrons. The average Bonchev–Trinajstić information content (AvgIpc) is 2.57. The fourth-order valence-corrected chi connectivity index (χ4v) is 2.72. The van der Waals surface area contributed by atoms with Gasteiger partial charge in [-0.2, -0.15) is 0 Å². The van der Waals surface area contributed by atoms with Gasteiger partial charge in [-0.05, 0) is 23.3 Å². The zero-order valence-electron chi connectivity index (χ0n) is 13.2. The molecule has 0 unspecified atom stereocenters. The third-order valence-electron chi connectivity index (χ3n) is 3.88. The van der Waals surface area contributed by atoms with Gasteiger partial charge in [-0.1, -0.05) is 42.5 Å². The first kappa shape index (κ1) is 15.7. The van der Waals surface area contributed by atoms with Gasteiger partial charge in [-0.15, -0.1) is 0 Å². The molecule has 1 atom stereocenters. The number of benzene rings is 2. The van der Waals surface area contributed by atoms with Crippen LogP contribution in [0.25, 0.3) is 10.8 Å². The predicted molar refractivity (Wildman–Crippen MR) is 91.8 cm³/mol. The van der Waals surface area contributed by atoms with Crippen LogP contribution in [0.3, 0.4) is 0 Å². The smallest absolute Gasteiger partial charge is 0.328 e. The van der Waals surface area contributed by atoms with E-state index in [-0.39, 0.29) is 18.5 Å². The molecule has 6 heteroatoms. The summed E-state index contributed by atoms with van der Waals surface area (Å²) in [5, 5.41) is 5.07. The lowest BCUT2D eigenvalue weighted by molar-refractivity contribution is -0.122. The minimum atomic E-state index is -0.601. The molecule has 0 bridgehead atoms. The van der Waals surface area contributed by atoms with Gasteiger partial charge in [0.05, 0.1) is 6.04 Å². The van der Waals surface area contributed by atoms with Crippen LogP contribution < -0.4 is 16.6 Å². The molecule has 0 fully saturated rings. The number of hydrogen-bond donors (Lipinski definition) is 2. The molecule has 0 radical (unpaired) electrons. The Bertz CT molecular complexity index is 999. The molecule has 6 nitrogen and oxygen atoms in total. The van der Waals surface area contributed by atoms with Crippen molar-refractivity contribution in [3.63, 3.8) is 0 Å². The number of H-pyrrole nitrogens is 1. The van der Waals surface area contributed by atoms with Crippen LogP contribution in [-0.4, -0.2) is 15.5 Å². The Morgan fingerprint density at radius 1 is 1.12 bits per heavy atom. The van der Waals surface area contributed by atoms with E-state index in [1.165, 1.54) is 12.3 Å². The Kier molecular flexibility index (Phi) is 4.29. The minimum absolute atomic E-state index is 0.148. The Morgan fingerprint density at radius 3 is 2.67 bits per heavy atom. The van der Waals surface area contributed by atoms with Crippen molar-refractivity contribution in [3.8, 4) is 0 Å². The molecule has 1 heterocycles. The summed E-state index contributed by atoms with van der Waals surface area (Å²) in [6.45, 7) is 1.75. The summed E-state index contributed by atoms with van der Waals surface area (Å²) in [4.78, 5) is 37.0. The Hall–Kier alpha value is -3.15. The van der Waals surface area contributed by atoms with Gasteiger partial charge in [0.1, 0.15) is 6.54 Å². The van der Waals surface area contributed by atoms with E-state index in [0.29, 0.717) is 0 Å². The molecule has 0 saturated carbocycles. The molecule has 0 aliphatic carbocycles. The molecule has 0 aliphatic rings. The first-order valence-electron chi connectivity index (χ1n) is 7.61. The van der Waals surface area contributed by atoms with Gasteiger partial charge in [0.25, 0.3) is 5.56 Å². The quantitative estimate of drug-likeness (QED) is 0.764. The first-order valence-corrected chi connectivity index (χ1v) is 7.61. The third kappa shape index (κ3) is 3.27. The molecule has 3 rings (SSSR count). The Labute approximate surface area is 137 Å². The number of carbonyl (C=O) groups excluding carboxylic acids is 1. The lowest BCUT2D eigenvalue weighted by Gasteiger charge is -2.17. The van der Waals surface area contributed by atoms with Crippen molar-refractivity contribution in [2.24, 2.45) is 0 Å². The fourth-order valence-electron chi connectivity index (χ4n) is 2.72. The molecule has 1 aromatic heterocycles. The maximum atomic E-state index is 12.2. The Balaban J connectivity index is 1.78. The van der Waals surface area contributed by atoms with Gasteiger partial charge in [0, 0.05) is 12.3 Å². The van der Waals surface area contributed by atoms with Crippen molar-refractivity contribution in [3.05, 3.63) is 81.1 Å². The summed E-state index contributed by atoms with van der Waals surface area (Å²) in [7, 11) is 0. The van der Waals surface area contributed by atoms with E-state index in [1.807, 2.05) is 49.4 Å². The lowest BCUT2D eigenvalue weighted by Crippen LogP contribution is -2.36. The molecule has 1 amide bonds. The van der Waals surface area contributed by atoms with Crippen molar-refractivity contribution < 1.29 is 4.79 Å². The van der Waals surface area contributed by atoms with Gasteiger partial charge >= 0.3 is 5.69 Å². The number of amides is 1. The molecule has 2 N–H and O–H groups in total. The van der Waals surface area contributed by atoms with E-state index in [1.54, 1.807) is 0 Å². The van der Waals surface area contributed by atoms with Crippen molar-refractivity contribution in [2.45, 2.75) is 19.5 Å². The lowest BCUT2D eigenvalue weighted by atomic mass is 10.00.